The molecule has 1 unspecified atom stereocenters. The predicted octanol–water partition coefficient (Wildman–Crippen LogP) is 1.99. The number of hydrogen-bond donors (Lipinski definition) is 2. The molecule has 0 fully saturated rings. The monoisotopic (exact) mass is 254 g/mol. The molecule has 0 heterocycles. The van der Waals surface area contributed by atoms with Gasteiger partial charge >= 0.3 is 5.97 Å². The summed E-state index contributed by atoms with van der Waals surface area (Å²) in [6.07, 6.45) is 0.209. The summed E-state index contributed by atoms with van der Waals surface area (Å²) >= 11 is 0. The van der Waals surface area contributed by atoms with Gasteiger partial charge in [-0.25, -0.2) is 0 Å². The summed E-state index contributed by atoms with van der Waals surface area (Å²) in [5.74, 6) is 0.292. The highest BCUT2D eigenvalue weighted by Gasteiger charge is 2.12. The Kier molecular flexibility index (Phi) is 5.45. The van der Waals surface area contributed by atoms with Gasteiger partial charge in [0.25, 0.3) is 0 Å². The van der Waals surface area contributed by atoms with E-state index in [0.29, 0.717) is 29.9 Å². The molecular weight excluding hydrogens is 236 g/mol. The van der Waals surface area contributed by atoms with Crippen LogP contribution in [0.3, 0.4) is 0 Å². The Hall–Kier alpha value is -1.75. The van der Waals surface area contributed by atoms with Crippen molar-refractivity contribution >= 4 is 5.97 Å². The lowest BCUT2D eigenvalue weighted by molar-refractivity contribution is -0.137. The highest BCUT2D eigenvalue weighted by molar-refractivity contribution is 5.66. The van der Waals surface area contributed by atoms with E-state index in [1.807, 2.05) is 0 Å². The second-order valence-corrected chi connectivity index (χ2v) is 3.92. The van der Waals surface area contributed by atoms with Crippen LogP contribution in [0.1, 0.15) is 30.9 Å². The maximum absolute atomic E-state index is 10.4. The Balaban J connectivity index is 2.67. The first-order valence-corrected chi connectivity index (χ1v) is 5.70. The SMILES string of the molecule is COc1ccc(C(O)CCCC(=O)O)cc1OC. The van der Waals surface area contributed by atoms with Gasteiger partial charge in [0.2, 0.25) is 0 Å². The smallest absolute Gasteiger partial charge is 0.303 e. The maximum atomic E-state index is 10.4. The Morgan fingerprint density at radius 1 is 1.28 bits per heavy atom. The third-order valence-electron chi connectivity index (χ3n) is 2.66. The zero-order valence-corrected chi connectivity index (χ0v) is 10.5. The van der Waals surface area contributed by atoms with Crippen molar-refractivity contribution in [3.05, 3.63) is 23.8 Å². The van der Waals surface area contributed by atoms with Crippen LogP contribution >= 0.6 is 0 Å². The summed E-state index contributed by atoms with van der Waals surface area (Å²) in [5, 5.41) is 18.5. The fraction of sp³-hybridized carbons (Fsp3) is 0.462. The summed E-state index contributed by atoms with van der Waals surface area (Å²) in [6.45, 7) is 0. The molecule has 0 aromatic heterocycles. The molecule has 0 radical (unpaired) electrons. The number of hydrogen-bond acceptors (Lipinski definition) is 4. The van der Waals surface area contributed by atoms with Gasteiger partial charge in [0.05, 0.1) is 20.3 Å². The number of carbonyl (C=O) groups is 1. The lowest BCUT2D eigenvalue weighted by Crippen LogP contribution is -2.01. The average Bonchev–Trinajstić information content (AvgIpc) is 2.37. The summed E-state index contributed by atoms with van der Waals surface area (Å²) in [5.41, 5.74) is 0.693. The third kappa shape index (κ3) is 3.92. The molecule has 5 heteroatoms. The number of aliphatic carboxylic acids is 1. The van der Waals surface area contributed by atoms with Gasteiger partial charge in [-0.2, -0.15) is 0 Å². The van der Waals surface area contributed by atoms with Crippen LogP contribution in [0, 0.1) is 0 Å². The van der Waals surface area contributed by atoms with Crippen molar-refractivity contribution in [3.63, 3.8) is 0 Å². The molecule has 1 atom stereocenters. The van der Waals surface area contributed by atoms with Crippen LogP contribution in [-0.2, 0) is 4.79 Å². The normalized spacial score (nSPS) is 11.9. The maximum Gasteiger partial charge on any atom is 0.303 e. The molecule has 18 heavy (non-hydrogen) atoms. The molecule has 0 saturated carbocycles. The summed E-state index contributed by atoms with van der Waals surface area (Å²) < 4.78 is 10.2. The minimum Gasteiger partial charge on any atom is -0.493 e. The molecule has 2 N–H and O–H groups in total. The Labute approximate surface area is 106 Å². The highest BCUT2D eigenvalue weighted by atomic mass is 16.5. The number of ether oxygens (including phenoxy) is 2. The van der Waals surface area contributed by atoms with Gasteiger partial charge in [-0.15, -0.1) is 0 Å². The Bertz CT molecular complexity index is 402. The van der Waals surface area contributed by atoms with E-state index < -0.39 is 12.1 Å². The standard InChI is InChI=1S/C13H18O5/c1-17-11-7-6-9(8-12(11)18-2)10(14)4-3-5-13(15)16/h6-8,10,14H,3-5H2,1-2H3,(H,15,16). The molecule has 5 nitrogen and oxygen atoms in total. The van der Waals surface area contributed by atoms with Crippen LogP contribution in [0.25, 0.3) is 0 Å². The predicted molar refractivity (Wildman–Crippen MR) is 66.0 cm³/mol. The minimum absolute atomic E-state index is 0.0599. The first-order chi connectivity index (χ1) is 8.58. The fourth-order valence-electron chi connectivity index (χ4n) is 1.67. The number of aliphatic hydroxyl groups excluding tert-OH is 1. The van der Waals surface area contributed by atoms with E-state index in [4.69, 9.17) is 14.6 Å². The first kappa shape index (κ1) is 14.3. The molecular formula is C13H18O5. The van der Waals surface area contributed by atoms with E-state index in [9.17, 15) is 9.90 Å². The molecule has 0 amide bonds. The number of rotatable bonds is 7. The van der Waals surface area contributed by atoms with E-state index in [0.717, 1.165) is 0 Å². The molecule has 1 aromatic carbocycles. The molecule has 0 aliphatic rings. The van der Waals surface area contributed by atoms with Crippen LogP contribution in [0.15, 0.2) is 18.2 Å². The molecule has 1 aromatic rings. The Morgan fingerprint density at radius 3 is 2.50 bits per heavy atom. The van der Waals surface area contributed by atoms with Gasteiger partial charge in [0.1, 0.15) is 0 Å². The molecule has 0 bridgehead atoms. The van der Waals surface area contributed by atoms with Crippen molar-refractivity contribution in [1.29, 1.82) is 0 Å². The van der Waals surface area contributed by atoms with Crippen LogP contribution < -0.4 is 9.47 Å². The van der Waals surface area contributed by atoms with Crippen LogP contribution in [0.4, 0.5) is 0 Å². The van der Waals surface area contributed by atoms with Gasteiger partial charge in [-0.1, -0.05) is 6.07 Å². The zero-order chi connectivity index (χ0) is 13.5. The van der Waals surface area contributed by atoms with Crippen molar-refractivity contribution in [2.75, 3.05) is 14.2 Å². The third-order valence-corrected chi connectivity index (χ3v) is 2.66. The second kappa shape index (κ2) is 6.86. The number of methoxy groups -OCH3 is 2. The lowest BCUT2D eigenvalue weighted by Gasteiger charge is -2.13. The molecule has 0 aliphatic carbocycles. The van der Waals surface area contributed by atoms with E-state index >= 15 is 0 Å². The van der Waals surface area contributed by atoms with Crippen LogP contribution in [-0.4, -0.2) is 30.4 Å². The van der Waals surface area contributed by atoms with E-state index in [1.165, 1.54) is 7.11 Å². The topological polar surface area (TPSA) is 76.0 Å². The largest absolute Gasteiger partial charge is 0.493 e. The minimum atomic E-state index is -0.852. The van der Waals surface area contributed by atoms with Crippen molar-refractivity contribution < 1.29 is 24.5 Å². The fourth-order valence-corrected chi connectivity index (χ4v) is 1.67. The van der Waals surface area contributed by atoms with Crippen molar-refractivity contribution in [2.45, 2.75) is 25.4 Å². The number of benzene rings is 1. The van der Waals surface area contributed by atoms with Gasteiger partial charge in [0.15, 0.2) is 11.5 Å². The van der Waals surface area contributed by atoms with Crippen molar-refractivity contribution in [1.82, 2.24) is 0 Å². The van der Waals surface area contributed by atoms with Gasteiger partial charge in [-0.3, -0.25) is 4.79 Å². The van der Waals surface area contributed by atoms with Crippen molar-refractivity contribution in [3.8, 4) is 11.5 Å². The van der Waals surface area contributed by atoms with Crippen LogP contribution in [0.5, 0.6) is 11.5 Å². The van der Waals surface area contributed by atoms with E-state index in [1.54, 1.807) is 25.3 Å². The number of aliphatic hydroxyl groups is 1. The average molecular weight is 254 g/mol. The van der Waals surface area contributed by atoms with Gasteiger partial charge in [-0.05, 0) is 30.5 Å². The number of carboxylic acid groups (broad SMARTS) is 1. The van der Waals surface area contributed by atoms with Crippen molar-refractivity contribution in [2.24, 2.45) is 0 Å². The molecule has 1 rings (SSSR count). The molecule has 0 spiro atoms. The zero-order valence-electron chi connectivity index (χ0n) is 10.5. The van der Waals surface area contributed by atoms with E-state index in [-0.39, 0.29) is 6.42 Å². The summed E-state index contributed by atoms with van der Waals surface area (Å²) in [7, 11) is 3.07. The first-order valence-electron chi connectivity index (χ1n) is 5.70. The highest BCUT2D eigenvalue weighted by Crippen LogP contribution is 2.31. The number of carboxylic acids is 1. The van der Waals surface area contributed by atoms with E-state index in [2.05, 4.69) is 0 Å². The van der Waals surface area contributed by atoms with Gasteiger partial charge in [0, 0.05) is 6.42 Å². The van der Waals surface area contributed by atoms with Gasteiger partial charge < -0.3 is 19.7 Å². The lowest BCUT2D eigenvalue weighted by atomic mass is 10.0. The summed E-state index contributed by atoms with van der Waals surface area (Å²) in [6, 6.07) is 5.16. The Morgan fingerprint density at radius 2 is 1.94 bits per heavy atom. The summed E-state index contributed by atoms with van der Waals surface area (Å²) in [4.78, 5) is 10.4. The van der Waals surface area contributed by atoms with Crippen LogP contribution in [0.2, 0.25) is 0 Å². The molecule has 100 valence electrons. The second-order valence-electron chi connectivity index (χ2n) is 3.92. The molecule has 0 saturated heterocycles. The molecule has 0 aliphatic heterocycles. The quantitative estimate of drug-likeness (QED) is 0.778.